The fraction of sp³-hybridized carbons (Fsp3) is 1.00. The highest BCUT2D eigenvalue weighted by atomic mass is 15.7. The largest absolute Gasteiger partial charge is 0.328 e. The van der Waals surface area contributed by atoms with Gasteiger partial charge < -0.3 is 5.73 Å². The van der Waals surface area contributed by atoms with Gasteiger partial charge in [0.25, 0.3) is 0 Å². The van der Waals surface area contributed by atoms with E-state index in [0.717, 1.165) is 32.5 Å². The Kier molecular flexibility index (Phi) is 3.26. The van der Waals surface area contributed by atoms with Gasteiger partial charge in [-0.25, -0.2) is 5.01 Å². The van der Waals surface area contributed by atoms with Crippen molar-refractivity contribution in [2.24, 2.45) is 11.6 Å². The molecule has 4 N–H and O–H groups in total. The van der Waals surface area contributed by atoms with Crippen molar-refractivity contribution in [1.29, 1.82) is 0 Å². The van der Waals surface area contributed by atoms with Crippen LogP contribution in [0.15, 0.2) is 0 Å². The molecule has 66 valence electrons. The second kappa shape index (κ2) is 4.01. The van der Waals surface area contributed by atoms with Gasteiger partial charge in [0.05, 0.1) is 0 Å². The van der Waals surface area contributed by atoms with Crippen LogP contribution in [0.4, 0.5) is 0 Å². The molecule has 1 aliphatic rings. The van der Waals surface area contributed by atoms with Crippen LogP contribution in [0.3, 0.4) is 0 Å². The second-order valence-corrected chi connectivity index (χ2v) is 3.05. The van der Waals surface area contributed by atoms with Crippen LogP contribution in [-0.4, -0.2) is 35.8 Å². The van der Waals surface area contributed by atoms with Gasteiger partial charge in [0.15, 0.2) is 0 Å². The maximum absolute atomic E-state index is 5.75. The van der Waals surface area contributed by atoms with Crippen LogP contribution in [-0.2, 0) is 0 Å². The lowest BCUT2D eigenvalue weighted by atomic mass is 10.1. The molecule has 0 aromatic rings. The van der Waals surface area contributed by atoms with Gasteiger partial charge in [-0.1, -0.05) is 0 Å². The first kappa shape index (κ1) is 8.93. The van der Waals surface area contributed by atoms with E-state index in [-0.39, 0.29) is 0 Å². The Morgan fingerprint density at radius 3 is 2.45 bits per heavy atom. The van der Waals surface area contributed by atoms with E-state index < -0.39 is 0 Å². The Labute approximate surface area is 68.1 Å². The van der Waals surface area contributed by atoms with E-state index in [9.17, 15) is 0 Å². The van der Waals surface area contributed by atoms with Gasteiger partial charge in [0.1, 0.15) is 0 Å². The molecule has 11 heavy (non-hydrogen) atoms. The summed E-state index contributed by atoms with van der Waals surface area (Å²) in [5.41, 5.74) is 5.75. The van der Waals surface area contributed by atoms with Crippen molar-refractivity contribution in [2.45, 2.75) is 25.8 Å². The quantitative estimate of drug-likeness (QED) is 0.421. The van der Waals surface area contributed by atoms with Gasteiger partial charge in [-0.15, -0.1) is 0 Å². The Bertz CT molecular complexity index is 109. The van der Waals surface area contributed by atoms with Crippen molar-refractivity contribution in [3.05, 3.63) is 0 Å². The van der Waals surface area contributed by atoms with E-state index in [0.29, 0.717) is 6.04 Å². The van der Waals surface area contributed by atoms with Gasteiger partial charge >= 0.3 is 0 Å². The molecule has 0 aromatic heterocycles. The average molecular weight is 158 g/mol. The number of hydrazine groups is 2. The number of piperidine rings is 1. The summed E-state index contributed by atoms with van der Waals surface area (Å²) in [6.45, 7) is 4.93. The maximum atomic E-state index is 5.75. The Hall–Kier alpha value is -0.160. The molecule has 0 amide bonds. The first-order valence-corrected chi connectivity index (χ1v) is 4.26. The summed E-state index contributed by atoms with van der Waals surface area (Å²) >= 11 is 0. The zero-order valence-electron chi connectivity index (χ0n) is 7.16. The standard InChI is InChI=1S/C7H18N4/c1-2-11(9)10-5-3-7(8)4-6-10/h7H,2-6,8-9H2,1H3. The molecule has 0 spiro atoms. The summed E-state index contributed by atoms with van der Waals surface area (Å²) in [5.74, 6) is 5.71. The first-order chi connectivity index (χ1) is 5.24. The SMILES string of the molecule is CCN(N)N1CCC(N)CC1. The molecule has 4 nitrogen and oxygen atoms in total. The first-order valence-electron chi connectivity index (χ1n) is 4.26. The van der Waals surface area contributed by atoms with Crippen molar-refractivity contribution >= 4 is 0 Å². The van der Waals surface area contributed by atoms with E-state index in [1.807, 2.05) is 0 Å². The Morgan fingerprint density at radius 2 is 2.00 bits per heavy atom. The molecule has 0 unspecified atom stereocenters. The van der Waals surface area contributed by atoms with E-state index in [1.165, 1.54) is 0 Å². The molecule has 1 fully saturated rings. The Balaban J connectivity index is 2.27. The zero-order chi connectivity index (χ0) is 8.27. The van der Waals surface area contributed by atoms with E-state index in [2.05, 4.69) is 11.9 Å². The highest BCUT2D eigenvalue weighted by Gasteiger charge is 2.18. The molecule has 0 atom stereocenters. The molecule has 4 heteroatoms. The minimum absolute atomic E-state index is 0.386. The summed E-state index contributed by atoms with van der Waals surface area (Å²) in [5, 5.41) is 3.93. The van der Waals surface area contributed by atoms with Crippen molar-refractivity contribution in [2.75, 3.05) is 19.6 Å². The summed E-state index contributed by atoms with van der Waals surface area (Å²) in [6, 6.07) is 0.386. The van der Waals surface area contributed by atoms with Gasteiger partial charge in [0, 0.05) is 25.7 Å². The van der Waals surface area contributed by atoms with Crippen LogP contribution in [0.2, 0.25) is 0 Å². The van der Waals surface area contributed by atoms with E-state index >= 15 is 0 Å². The Morgan fingerprint density at radius 1 is 1.45 bits per heavy atom. The smallest absolute Gasteiger partial charge is 0.0259 e. The highest BCUT2D eigenvalue weighted by molar-refractivity contribution is 4.71. The highest BCUT2D eigenvalue weighted by Crippen LogP contribution is 2.08. The second-order valence-electron chi connectivity index (χ2n) is 3.05. The van der Waals surface area contributed by atoms with E-state index in [1.54, 1.807) is 5.12 Å². The van der Waals surface area contributed by atoms with Crippen LogP contribution < -0.4 is 11.6 Å². The molecular weight excluding hydrogens is 140 g/mol. The summed E-state index contributed by atoms with van der Waals surface area (Å²) in [7, 11) is 0. The fourth-order valence-corrected chi connectivity index (χ4v) is 1.34. The zero-order valence-corrected chi connectivity index (χ0v) is 7.16. The normalized spacial score (nSPS) is 22.9. The molecular formula is C7H18N4. The number of nitrogens with zero attached hydrogens (tertiary/aromatic N) is 2. The molecule has 0 saturated carbocycles. The predicted octanol–water partition coefficient (Wildman–Crippen LogP) is -0.480. The van der Waals surface area contributed by atoms with Crippen molar-refractivity contribution in [3.63, 3.8) is 0 Å². The third-order valence-electron chi connectivity index (χ3n) is 2.20. The molecule has 0 radical (unpaired) electrons. The van der Waals surface area contributed by atoms with Crippen LogP contribution in [0, 0.1) is 0 Å². The van der Waals surface area contributed by atoms with Crippen molar-refractivity contribution < 1.29 is 0 Å². The minimum Gasteiger partial charge on any atom is -0.328 e. The number of nitrogens with two attached hydrogens (primary N) is 2. The van der Waals surface area contributed by atoms with Gasteiger partial charge in [0.2, 0.25) is 0 Å². The van der Waals surface area contributed by atoms with Gasteiger partial charge in [-0.2, -0.15) is 5.12 Å². The van der Waals surface area contributed by atoms with Crippen LogP contribution in [0.25, 0.3) is 0 Å². The van der Waals surface area contributed by atoms with Crippen LogP contribution in [0.5, 0.6) is 0 Å². The fourth-order valence-electron chi connectivity index (χ4n) is 1.34. The molecule has 0 aromatic carbocycles. The van der Waals surface area contributed by atoms with E-state index in [4.69, 9.17) is 11.6 Å². The molecule has 1 saturated heterocycles. The third-order valence-corrected chi connectivity index (χ3v) is 2.20. The molecule has 0 aliphatic carbocycles. The molecule has 1 aliphatic heterocycles. The lowest BCUT2D eigenvalue weighted by Crippen LogP contribution is -2.52. The molecule has 0 bridgehead atoms. The predicted molar refractivity (Wildman–Crippen MR) is 45.3 cm³/mol. The number of hydrogen-bond donors (Lipinski definition) is 2. The lowest BCUT2D eigenvalue weighted by Gasteiger charge is -2.35. The average Bonchev–Trinajstić information content (AvgIpc) is 2.05. The van der Waals surface area contributed by atoms with Crippen LogP contribution >= 0.6 is 0 Å². The van der Waals surface area contributed by atoms with Gasteiger partial charge in [-0.05, 0) is 19.8 Å². The number of hydrogen-bond acceptors (Lipinski definition) is 4. The third kappa shape index (κ3) is 2.41. The summed E-state index contributed by atoms with van der Waals surface area (Å²) in [6.07, 6.45) is 2.13. The van der Waals surface area contributed by atoms with Crippen molar-refractivity contribution in [1.82, 2.24) is 10.1 Å². The summed E-state index contributed by atoms with van der Waals surface area (Å²) < 4.78 is 0. The number of rotatable bonds is 2. The van der Waals surface area contributed by atoms with Crippen molar-refractivity contribution in [3.8, 4) is 0 Å². The molecule has 1 heterocycles. The minimum atomic E-state index is 0.386. The maximum Gasteiger partial charge on any atom is 0.0259 e. The van der Waals surface area contributed by atoms with Gasteiger partial charge in [-0.3, -0.25) is 5.84 Å². The lowest BCUT2D eigenvalue weighted by molar-refractivity contribution is -0.0398. The monoisotopic (exact) mass is 158 g/mol. The summed E-state index contributed by atoms with van der Waals surface area (Å²) in [4.78, 5) is 0. The van der Waals surface area contributed by atoms with Crippen LogP contribution in [0.1, 0.15) is 19.8 Å². The molecule has 1 rings (SSSR count). The topological polar surface area (TPSA) is 58.5 Å².